The van der Waals surface area contributed by atoms with Gasteiger partial charge in [-0.1, -0.05) is 0 Å². The van der Waals surface area contributed by atoms with Crippen LogP contribution < -0.4 is 4.90 Å². The monoisotopic (exact) mass is 295 g/mol. The molecule has 1 atom stereocenters. The molecule has 8 nitrogen and oxygen atoms in total. The first-order valence-electron chi connectivity index (χ1n) is 6.74. The molecule has 2 rings (SSSR count). The number of rotatable bonds is 5. The van der Waals surface area contributed by atoms with Crippen LogP contribution in [0.15, 0.2) is 18.2 Å². The number of non-ortho nitro benzene ring substituents is 1. The number of hydrogen-bond acceptors (Lipinski definition) is 6. The van der Waals surface area contributed by atoms with E-state index in [0.29, 0.717) is 18.8 Å². The molecule has 1 aliphatic rings. The lowest BCUT2D eigenvalue weighted by molar-refractivity contribution is -0.393. The molecule has 1 aromatic carbocycles. The summed E-state index contributed by atoms with van der Waals surface area (Å²) in [6.07, 6.45) is 3.09. The molecule has 0 bridgehead atoms. The summed E-state index contributed by atoms with van der Waals surface area (Å²) in [4.78, 5) is 22.3. The van der Waals surface area contributed by atoms with Crippen LogP contribution in [0.1, 0.15) is 19.3 Å². The Morgan fingerprint density at radius 1 is 1.29 bits per heavy atom. The maximum absolute atomic E-state index is 11.1. The van der Waals surface area contributed by atoms with Gasteiger partial charge in [-0.2, -0.15) is 0 Å². The number of nitrogens with zero attached hydrogens (tertiary/aromatic N) is 3. The highest BCUT2D eigenvalue weighted by Gasteiger charge is 2.24. The molecule has 0 saturated carbocycles. The quantitative estimate of drug-likeness (QED) is 0.611. The van der Waals surface area contributed by atoms with Gasteiger partial charge in [0, 0.05) is 26.3 Å². The molecule has 21 heavy (non-hydrogen) atoms. The van der Waals surface area contributed by atoms with Crippen molar-refractivity contribution in [3.63, 3.8) is 0 Å². The summed E-state index contributed by atoms with van der Waals surface area (Å²) in [6.45, 7) is 1.24. The summed E-state index contributed by atoms with van der Waals surface area (Å²) in [6, 6.07) is 3.69. The minimum absolute atomic E-state index is 0.0403. The Bertz CT molecular complexity index is 543. The topological polar surface area (TPSA) is 98.8 Å². The molecule has 0 aromatic heterocycles. The van der Waals surface area contributed by atoms with Gasteiger partial charge in [0.25, 0.3) is 11.4 Å². The van der Waals surface area contributed by atoms with Gasteiger partial charge in [0.2, 0.25) is 0 Å². The predicted octanol–water partition coefficient (Wildman–Crippen LogP) is 2.51. The lowest BCUT2D eigenvalue weighted by atomic mass is 10.1. The molecule has 114 valence electrons. The molecule has 0 N–H and O–H groups in total. The SMILES string of the molecule is CN(CC1CCCCO1)c1ccc([N+](=O)[O-])cc1[N+](=O)[O-]. The van der Waals surface area contributed by atoms with Crippen molar-refractivity contribution >= 4 is 17.1 Å². The van der Waals surface area contributed by atoms with Gasteiger partial charge in [0.05, 0.1) is 22.0 Å². The number of nitro benzene ring substituents is 2. The largest absolute Gasteiger partial charge is 0.376 e. The molecule has 1 aromatic rings. The molecule has 1 heterocycles. The number of benzene rings is 1. The van der Waals surface area contributed by atoms with Gasteiger partial charge < -0.3 is 9.64 Å². The second-order valence-electron chi connectivity index (χ2n) is 5.06. The minimum atomic E-state index is -0.638. The number of likely N-dealkylation sites (N-methyl/N-ethyl adjacent to an activating group) is 1. The molecule has 0 spiro atoms. The fourth-order valence-corrected chi connectivity index (χ4v) is 2.45. The van der Waals surface area contributed by atoms with Crippen molar-refractivity contribution in [3.8, 4) is 0 Å². The van der Waals surface area contributed by atoms with Gasteiger partial charge in [0.15, 0.2) is 0 Å². The van der Waals surface area contributed by atoms with E-state index in [1.165, 1.54) is 12.1 Å². The Morgan fingerprint density at radius 2 is 2.05 bits per heavy atom. The summed E-state index contributed by atoms with van der Waals surface area (Å²) in [5.41, 5.74) is -0.185. The highest BCUT2D eigenvalue weighted by molar-refractivity contribution is 5.66. The maximum Gasteiger partial charge on any atom is 0.299 e. The fraction of sp³-hybridized carbons (Fsp3) is 0.538. The van der Waals surface area contributed by atoms with Crippen LogP contribution in [0.5, 0.6) is 0 Å². The third-order valence-corrected chi connectivity index (χ3v) is 3.53. The second-order valence-corrected chi connectivity index (χ2v) is 5.06. The van der Waals surface area contributed by atoms with Gasteiger partial charge in [-0.25, -0.2) is 0 Å². The molecular weight excluding hydrogens is 278 g/mol. The zero-order valence-electron chi connectivity index (χ0n) is 11.7. The van der Waals surface area contributed by atoms with E-state index in [4.69, 9.17) is 4.74 Å². The maximum atomic E-state index is 11.1. The second kappa shape index (κ2) is 6.49. The Morgan fingerprint density at radius 3 is 2.62 bits per heavy atom. The van der Waals surface area contributed by atoms with Gasteiger partial charge in [-0.15, -0.1) is 0 Å². The third-order valence-electron chi connectivity index (χ3n) is 3.53. The highest BCUT2D eigenvalue weighted by atomic mass is 16.6. The zero-order valence-corrected chi connectivity index (χ0v) is 11.7. The van der Waals surface area contributed by atoms with Crippen LogP contribution in [0.25, 0.3) is 0 Å². The van der Waals surface area contributed by atoms with Crippen LogP contribution in [0, 0.1) is 20.2 Å². The molecule has 0 radical (unpaired) electrons. The molecular formula is C13H17N3O5. The summed E-state index contributed by atoms with van der Waals surface area (Å²) in [5.74, 6) is 0. The predicted molar refractivity (Wildman–Crippen MR) is 76.6 cm³/mol. The number of ether oxygens (including phenoxy) is 1. The van der Waals surface area contributed by atoms with Crippen molar-refractivity contribution in [1.29, 1.82) is 0 Å². The third kappa shape index (κ3) is 3.66. The van der Waals surface area contributed by atoms with Crippen LogP contribution in [0.4, 0.5) is 17.1 Å². The number of nitro groups is 2. The van der Waals surface area contributed by atoms with Gasteiger partial charge in [0.1, 0.15) is 5.69 Å². The van der Waals surface area contributed by atoms with E-state index in [9.17, 15) is 20.2 Å². The first-order valence-corrected chi connectivity index (χ1v) is 6.74. The molecule has 8 heteroatoms. The van der Waals surface area contributed by atoms with Gasteiger partial charge >= 0.3 is 0 Å². The average molecular weight is 295 g/mol. The van der Waals surface area contributed by atoms with E-state index in [2.05, 4.69) is 0 Å². The summed E-state index contributed by atoms with van der Waals surface area (Å²) in [7, 11) is 1.73. The Balaban J connectivity index is 2.20. The van der Waals surface area contributed by atoms with Crippen molar-refractivity contribution in [1.82, 2.24) is 0 Å². The van der Waals surface area contributed by atoms with Crippen molar-refractivity contribution < 1.29 is 14.6 Å². The van der Waals surface area contributed by atoms with E-state index >= 15 is 0 Å². The normalized spacial score (nSPS) is 18.2. The molecule has 1 unspecified atom stereocenters. The first-order chi connectivity index (χ1) is 9.99. The lowest BCUT2D eigenvalue weighted by Crippen LogP contribution is -2.33. The number of hydrogen-bond donors (Lipinski definition) is 0. The Hall–Kier alpha value is -2.22. The van der Waals surface area contributed by atoms with Crippen LogP contribution >= 0.6 is 0 Å². The summed E-state index contributed by atoms with van der Waals surface area (Å²) < 4.78 is 5.61. The van der Waals surface area contributed by atoms with E-state index in [-0.39, 0.29) is 17.5 Å². The van der Waals surface area contributed by atoms with Crippen molar-refractivity contribution in [2.75, 3.05) is 25.1 Å². The summed E-state index contributed by atoms with van der Waals surface area (Å²) >= 11 is 0. The lowest BCUT2D eigenvalue weighted by Gasteiger charge is -2.28. The van der Waals surface area contributed by atoms with E-state index in [0.717, 1.165) is 25.3 Å². The standard InChI is InChI=1S/C13H17N3O5/c1-14(9-11-4-2-3-7-21-11)12-6-5-10(15(17)18)8-13(12)16(19)20/h5-6,8,11H,2-4,7,9H2,1H3. The van der Waals surface area contributed by atoms with Crippen molar-refractivity contribution in [2.45, 2.75) is 25.4 Å². The van der Waals surface area contributed by atoms with Crippen LogP contribution in [0.3, 0.4) is 0 Å². The molecule has 1 saturated heterocycles. The van der Waals surface area contributed by atoms with Crippen LogP contribution in [-0.2, 0) is 4.74 Å². The van der Waals surface area contributed by atoms with E-state index in [1.54, 1.807) is 11.9 Å². The molecule has 1 aliphatic heterocycles. The van der Waals surface area contributed by atoms with Crippen molar-refractivity contribution in [2.24, 2.45) is 0 Å². The van der Waals surface area contributed by atoms with Gasteiger partial charge in [-0.05, 0) is 25.3 Å². The van der Waals surface area contributed by atoms with E-state index in [1.807, 2.05) is 0 Å². The number of anilines is 1. The average Bonchev–Trinajstić information content (AvgIpc) is 2.47. The minimum Gasteiger partial charge on any atom is -0.376 e. The fourth-order valence-electron chi connectivity index (χ4n) is 2.45. The van der Waals surface area contributed by atoms with Gasteiger partial charge in [-0.3, -0.25) is 20.2 Å². The zero-order chi connectivity index (χ0) is 15.4. The first kappa shape index (κ1) is 15.2. The molecule has 0 aliphatic carbocycles. The summed E-state index contributed by atoms with van der Waals surface area (Å²) in [5, 5.41) is 21.8. The highest BCUT2D eigenvalue weighted by Crippen LogP contribution is 2.31. The smallest absolute Gasteiger partial charge is 0.299 e. The van der Waals surface area contributed by atoms with Crippen LogP contribution in [0.2, 0.25) is 0 Å². The van der Waals surface area contributed by atoms with E-state index < -0.39 is 9.85 Å². The van der Waals surface area contributed by atoms with Crippen LogP contribution in [-0.4, -0.2) is 36.1 Å². The van der Waals surface area contributed by atoms with Crippen molar-refractivity contribution in [3.05, 3.63) is 38.4 Å². The Labute approximate surface area is 121 Å². The molecule has 0 amide bonds. The Kier molecular flexibility index (Phi) is 4.69. The molecule has 1 fully saturated rings.